The summed E-state index contributed by atoms with van der Waals surface area (Å²) >= 11 is 1.42. The average molecular weight is 527 g/mol. The minimum atomic E-state index is -3.45. The zero-order valence-corrected chi connectivity index (χ0v) is 22.3. The second-order valence-corrected chi connectivity index (χ2v) is 11.6. The van der Waals surface area contributed by atoms with E-state index in [-0.39, 0.29) is 29.4 Å². The maximum absolute atomic E-state index is 13.4. The number of rotatable bonds is 11. The van der Waals surface area contributed by atoms with Gasteiger partial charge in [-0.05, 0) is 57.5 Å². The Balaban J connectivity index is 1.54. The summed E-state index contributed by atoms with van der Waals surface area (Å²) in [6, 6.07) is 16.0. The number of aryl methyl sites for hydroxylation is 2. The van der Waals surface area contributed by atoms with Crippen molar-refractivity contribution in [3.63, 3.8) is 0 Å². The first-order chi connectivity index (χ1) is 17.3. The van der Waals surface area contributed by atoms with Gasteiger partial charge in [0.2, 0.25) is 5.91 Å². The van der Waals surface area contributed by atoms with Crippen LogP contribution in [0.3, 0.4) is 0 Å². The van der Waals surface area contributed by atoms with Crippen molar-refractivity contribution in [1.29, 1.82) is 0 Å². The first-order valence-corrected chi connectivity index (χ1v) is 14.4. The third kappa shape index (κ3) is 5.93. The quantitative estimate of drug-likeness (QED) is 0.279. The Morgan fingerprint density at radius 1 is 1.11 bits per heavy atom. The van der Waals surface area contributed by atoms with Crippen LogP contribution in [0.25, 0.3) is 10.2 Å². The molecule has 0 atom stereocenters. The fourth-order valence-corrected chi connectivity index (χ4v) is 6.37. The minimum absolute atomic E-state index is 0.0947. The molecule has 2 aromatic heterocycles. The molecule has 0 unspecified atom stereocenters. The van der Waals surface area contributed by atoms with Gasteiger partial charge in [-0.1, -0.05) is 35.6 Å². The van der Waals surface area contributed by atoms with Crippen molar-refractivity contribution in [3.05, 3.63) is 66.0 Å². The van der Waals surface area contributed by atoms with Gasteiger partial charge in [0.15, 0.2) is 15.0 Å². The van der Waals surface area contributed by atoms with Crippen molar-refractivity contribution in [3.8, 4) is 5.75 Å². The highest BCUT2D eigenvalue weighted by Gasteiger charge is 2.22. The molecular weight excluding hydrogens is 496 g/mol. The van der Waals surface area contributed by atoms with Crippen LogP contribution < -0.4 is 9.64 Å². The maximum Gasteiger partial charge on any atom is 0.228 e. The molecule has 1 amide bonds. The van der Waals surface area contributed by atoms with Crippen LogP contribution in [0.4, 0.5) is 5.13 Å². The van der Waals surface area contributed by atoms with Gasteiger partial charge in [0, 0.05) is 18.7 Å². The van der Waals surface area contributed by atoms with Crippen LogP contribution in [-0.4, -0.2) is 48.0 Å². The Morgan fingerprint density at radius 3 is 2.58 bits per heavy atom. The zero-order chi connectivity index (χ0) is 25.7. The normalized spacial score (nSPS) is 11.6. The fraction of sp³-hybridized carbons (Fsp3) is 0.346. The molecule has 2 aromatic carbocycles. The topological polar surface area (TPSA) is 94.4 Å². The molecule has 4 rings (SSSR count). The highest BCUT2D eigenvalue weighted by atomic mass is 32.2. The maximum atomic E-state index is 13.4. The van der Waals surface area contributed by atoms with Gasteiger partial charge in [-0.3, -0.25) is 14.4 Å². The summed E-state index contributed by atoms with van der Waals surface area (Å²) in [7, 11) is -3.45. The molecule has 0 fully saturated rings. The largest absolute Gasteiger partial charge is 0.492 e. The average Bonchev–Trinajstić information content (AvgIpc) is 3.42. The van der Waals surface area contributed by atoms with Gasteiger partial charge < -0.3 is 4.74 Å². The lowest BCUT2D eigenvalue weighted by Gasteiger charge is -2.20. The minimum Gasteiger partial charge on any atom is -0.492 e. The van der Waals surface area contributed by atoms with Crippen molar-refractivity contribution in [1.82, 2.24) is 14.8 Å². The highest BCUT2D eigenvalue weighted by Crippen LogP contribution is 2.34. The Morgan fingerprint density at radius 2 is 1.89 bits per heavy atom. The lowest BCUT2D eigenvalue weighted by Crippen LogP contribution is -2.34. The van der Waals surface area contributed by atoms with Crippen molar-refractivity contribution in [2.45, 2.75) is 45.1 Å². The molecule has 0 aliphatic carbocycles. The molecule has 0 saturated carbocycles. The van der Waals surface area contributed by atoms with Crippen LogP contribution in [0.5, 0.6) is 5.75 Å². The van der Waals surface area contributed by atoms with Crippen LogP contribution in [0.15, 0.2) is 59.5 Å². The van der Waals surface area contributed by atoms with Crippen LogP contribution in [0.2, 0.25) is 0 Å². The standard InChI is InChI=1S/C26H30N4O4S2/c1-4-34-22-12-8-13-23-25(22)27-26(35-23)29(15-16-30-20(3)18-19(2)28-30)24(31)14-9-17-36(32,33)21-10-6-5-7-11-21/h5-8,10-13,18H,4,9,14-17H2,1-3H3. The van der Waals surface area contributed by atoms with E-state index in [0.29, 0.717) is 30.6 Å². The molecule has 2 heterocycles. The van der Waals surface area contributed by atoms with E-state index in [2.05, 4.69) is 5.10 Å². The number of amides is 1. The van der Waals surface area contributed by atoms with Crippen LogP contribution >= 0.6 is 11.3 Å². The van der Waals surface area contributed by atoms with Crippen LogP contribution in [0, 0.1) is 13.8 Å². The number of aromatic nitrogens is 3. The Labute approximate surface area is 215 Å². The summed E-state index contributed by atoms with van der Waals surface area (Å²) in [6.07, 6.45) is 0.318. The van der Waals surface area contributed by atoms with Crippen molar-refractivity contribution < 1.29 is 17.9 Å². The number of para-hydroxylation sites is 1. The summed E-state index contributed by atoms with van der Waals surface area (Å²) in [5, 5.41) is 5.07. The molecule has 4 aromatic rings. The SMILES string of the molecule is CCOc1cccc2sc(N(CCn3nc(C)cc3C)C(=O)CCCS(=O)(=O)c3ccccc3)nc12. The van der Waals surface area contributed by atoms with Crippen molar-refractivity contribution in [2.24, 2.45) is 0 Å². The van der Waals surface area contributed by atoms with E-state index in [1.165, 1.54) is 11.3 Å². The van der Waals surface area contributed by atoms with E-state index in [4.69, 9.17) is 9.72 Å². The summed E-state index contributed by atoms with van der Waals surface area (Å²) in [5.74, 6) is 0.414. The number of ether oxygens (including phenoxy) is 1. The Kier molecular flexibility index (Phi) is 8.05. The van der Waals surface area contributed by atoms with Gasteiger partial charge >= 0.3 is 0 Å². The van der Waals surface area contributed by atoms with E-state index in [0.717, 1.165) is 21.6 Å². The van der Waals surface area contributed by atoms with Crippen LogP contribution in [0.1, 0.15) is 31.2 Å². The van der Waals surface area contributed by atoms with Gasteiger partial charge in [-0.15, -0.1) is 0 Å². The van der Waals surface area contributed by atoms with E-state index in [9.17, 15) is 13.2 Å². The summed E-state index contributed by atoms with van der Waals surface area (Å²) in [4.78, 5) is 20.1. The monoisotopic (exact) mass is 526 g/mol. The second-order valence-electron chi connectivity index (χ2n) is 8.46. The van der Waals surface area contributed by atoms with Crippen LogP contribution in [-0.2, 0) is 21.2 Å². The van der Waals surface area contributed by atoms with Gasteiger partial charge in [0.1, 0.15) is 11.3 Å². The summed E-state index contributed by atoms with van der Waals surface area (Å²) in [5.41, 5.74) is 2.64. The van der Waals surface area contributed by atoms with Crippen molar-refractivity contribution >= 4 is 42.4 Å². The van der Waals surface area contributed by atoms with Gasteiger partial charge in [-0.25, -0.2) is 13.4 Å². The molecule has 36 heavy (non-hydrogen) atoms. The number of carbonyl (C=O) groups is 1. The van der Waals surface area contributed by atoms with Gasteiger partial charge in [0.05, 0.1) is 34.2 Å². The summed E-state index contributed by atoms with van der Waals surface area (Å²) in [6.45, 7) is 7.22. The Bertz CT molecular complexity index is 1450. The van der Waals surface area contributed by atoms with Gasteiger partial charge in [-0.2, -0.15) is 5.10 Å². The van der Waals surface area contributed by atoms with Crippen molar-refractivity contribution in [2.75, 3.05) is 23.8 Å². The molecule has 0 bridgehead atoms. The molecule has 0 aliphatic rings. The summed E-state index contributed by atoms with van der Waals surface area (Å²) < 4.78 is 33.8. The predicted molar refractivity (Wildman–Crippen MR) is 143 cm³/mol. The zero-order valence-electron chi connectivity index (χ0n) is 20.7. The molecule has 8 nitrogen and oxygen atoms in total. The number of hydrogen-bond acceptors (Lipinski definition) is 7. The lowest BCUT2D eigenvalue weighted by atomic mass is 10.3. The molecule has 190 valence electrons. The number of nitrogens with zero attached hydrogens (tertiary/aromatic N) is 4. The smallest absolute Gasteiger partial charge is 0.228 e. The number of thiazole rings is 1. The number of carbonyl (C=O) groups excluding carboxylic acids is 1. The highest BCUT2D eigenvalue weighted by molar-refractivity contribution is 7.91. The third-order valence-corrected chi connectivity index (χ3v) is 8.61. The van der Waals surface area contributed by atoms with E-state index in [1.54, 1.807) is 35.2 Å². The first-order valence-electron chi connectivity index (χ1n) is 11.9. The number of fused-ring (bicyclic) bond motifs is 1. The van der Waals surface area contributed by atoms with E-state index in [1.807, 2.05) is 49.7 Å². The molecule has 0 saturated heterocycles. The van der Waals surface area contributed by atoms with E-state index >= 15 is 0 Å². The third-order valence-electron chi connectivity index (χ3n) is 5.75. The number of anilines is 1. The molecule has 0 N–H and O–H groups in total. The first kappa shape index (κ1) is 25.8. The number of sulfone groups is 1. The molecule has 10 heteroatoms. The fourth-order valence-electron chi connectivity index (χ4n) is 4.02. The molecular formula is C26H30N4O4S2. The molecule has 0 spiro atoms. The molecule has 0 radical (unpaired) electrons. The second kappa shape index (κ2) is 11.2. The number of hydrogen-bond donors (Lipinski definition) is 0. The Hall–Kier alpha value is -3.24. The molecule has 0 aliphatic heterocycles. The van der Waals surface area contributed by atoms with Gasteiger partial charge in [0.25, 0.3) is 0 Å². The number of benzene rings is 2. The predicted octanol–water partition coefficient (Wildman–Crippen LogP) is 4.80. The lowest BCUT2D eigenvalue weighted by molar-refractivity contribution is -0.118. The van der Waals surface area contributed by atoms with E-state index < -0.39 is 9.84 Å².